The number of rotatable bonds is 8. The third kappa shape index (κ3) is 4.48. The number of hydrogen-bond acceptors (Lipinski definition) is 4. The van der Waals surface area contributed by atoms with E-state index in [2.05, 4.69) is 41.2 Å². The van der Waals surface area contributed by atoms with Gasteiger partial charge < -0.3 is 15.0 Å². The first-order chi connectivity index (χ1) is 9.20. The summed E-state index contributed by atoms with van der Waals surface area (Å²) in [6.45, 7) is 6.91. The van der Waals surface area contributed by atoms with Gasteiger partial charge in [0, 0.05) is 38.5 Å². The van der Waals surface area contributed by atoms with Crippen LogP contribution in [0.3, 0.4) is 0 Å². The SMILES string of the molecule is COCCN(c1cc(CNC(C)C)ccn1)C1CC1. The van der Waals surface area contributed by atoms with Crippen molar-refractivity contribution < 1.29 is 4.74 Å². The van der Waals surface area contributed by atoms with E-state index in [0.717, 1.165) is 25.5 Å². The second-order valence-electron chi connectivity index (χ2n) is 5.48. The van der Waals surface area contributed by atoms with Gasteiger partial charge in [-0.3, -0.25) is 0 Å². The summed E-state index contributed by atoms with van der Waals surface area (Å²) < 4.78 is 5.20. The molecule has 1 heterocycles. The monoisotopic (exact) mass is 263 g/mol. The molecule has 0 unspecified atom stereocenters. The van der Waals surface area contributed by atoms with Gasteiger partial charge in [-0.2, -0.15) is 0 Å². The van der Waals surface area contributed by atoms with Crippen molar-refractivity contribution in [1.82, 2.24) is 10.3 Å². The van der Waals surface area contributed by atoms with Crippen molar-refractivity contribution in [2.75, 3.05) is 25.2 Å². The molecule has 0 aromatic carbocycles. The van der Waals surface area contributed by atoms with Crippen molar-refractivity contribution in [3.05, 3.63) is 23.9 Å². The van der Waals surface area contributed by atoms with E-state index in [1.165, 1.54) is 18.4 Å². The van der Waals surface area contributed by atoms with E-state index in [1.807, 2.05) is 6.20 Å². The van der Waals surface area contributed by atoms with Crippen LogP contribution in [-0.2, 0) is 11.3 Å². The molecule has 106 valence electrons. The van der Waals surface area contributed by atoms with Gasteiger partial charge >= 0.3 is 0 Å². The highest BCUT2D eigenvalue weighted by molar-refractivity contribution is 5.43. The Kier molecular flexibility index (Phi) is 5.16. The highest BCUT2D eigenvalue weighted by Crippen LogP contribution is 2.30. The van der Waals surface area contributed by atoms with Gasteiger partial charge in [-0.05, 0) is 30.5 Å². The van der Waals surface area contributed by atoms with Crippen molar-refractivity contribution in [3.63, 3.8) is 0 Å². The second-order valence-corrected chi connectivity index (χ2v) is 5.48. The molecule has 1 aliphatic carbocycles. The molecular weight excluding hydrogens is 238 g/mol. The Morgan fingerprint density at radius 3 is 2.89 bits per heavy atom. The molecule has 4 heteroatoms. The number of anilines is 1. The Bertz CT molecular complexity index is 391. The topological polar surface area (TPSA) is 37.4 Å². The van der Waals surface area contributed by atoms with Crippen LogP contribution >= 0.6 is 0 Å². The Morgan fingerprint density at radius 1 is 1.47 bits per heavy atom. The van der Waals surface area contributed by atoms with Crippen molar-refractivity contribution in [2.45, 2.75) is 45.3 Å². The molecule has 19 heavy (non-hydrogen) atoms. The van der Waals surface area contributed by atoms with Crippen molar-refractivity contribution in [2.24, 2.45) is 0 Å². The molecule has 4 nitrogen and oxygen atoms in total. The largest absolute Gasteiger partial charge is 0.383 e. The number of nitrogens with one attached hydrogen (secondary N) is 1. The molecular formula is C15H25N3O. The minimum atomic E-state index is 0.504. The average molecular weight is 263 g/mol. The quantitative estimate of drug-likeness (QED) is 0.780. The maximum atomic E-state index is 5.20. The molecule has 0 radical (unpaired) electrons. The van der Waals surface area contributed by atoms with Crippen LogP contribution in [0, 0.1) is 0 Å². The van der Waals surface area contributed by atoms with E-state index >= 15 is 0 Å². The zero-order valence-corrected chi connectivity index (χ0v) is 12.2. The van der Waals surface area contributed by atoms with Gasteiger partial charge in [0.05, 0.1) is 6.61 Å². The van der Waals surface area contributed by atoms with Crippen LogP contribution in [0.5, 0.6) is 0 Å². The number of aromatic nitrogens is 1. The van der Waals surface area contributed by atoms with Crippen molar-refractivity contribution >= 4 is 5.82 Å². The Hall–Kier alpha value is -1.13. The first-order valence-corrected chi connectivity index (χ1v) is 7.14. The molecule has 1 N–H and O–H groups in total. The van der Waals surface area contributed by atoms with Crippen LogP contribution in [0.15, 0.2) is 18.3 Å². The normalized spacial score (nSPS) is 14.9. The van der Waals surface area contributed by atoms with Crippen LogP contribution in [-0.4, -0.2) is 37.3 Å². The molecule has 0 bridgehead atoms. The van der Waals surface area contributed by atoms with Gasteiger partial charge in [-0.25, -0.2) is 4.98 Å². The number of methoxy groups -OCH3 is 1. The lowest BCUT2D eigenvalue weighted by atomic mass is 10.2. The summed E-state index contributed by atoms with van der Waals surface area (Å²) in [7, 11) is 1.75. The summed E-state index contributed by atoms with van der Waals surface area (Å²) in [5.41, 5.74) is 1.29. The first-order valence-electron chi connectivity index (χ1n) is 7.14. The van der Waals surface area contributed by atoms with Gasteiger partial charge in [0.2, 0.25) is 0 Å². The lowest BCUT2D eigenvalue weighted by Gasteiger charge is -2.23. The summed E-state index contributed by atoms with van der Waals surface area (Å²) >= 11 is 0. The maximum absolute atomic E-state index is 5.20. The highest BCUT2D eigenvalue weighted by atomic mass is 16.5. The maximum Gasteiger partial charge on any atom is 0.129 e. The molecule has 1 aliphatic rings. The summed E-state index contributed by atoms with van der Waals surface area (Å²) in [6, 6.07) is 5.45. The molecule has 1 aromatic rings. The van der Waals surface area contributed by atoms with Crippen LogP contribution < -0.4 is 10.2 Å². The molecule has 1 fully saturated rings. The van der Waals surface area contributed by atoms with Crippen LogP contribution in [0.25, 0.3) is 0 Å². The minimum absolute atomic E-state index is 0.504. The Balaban J connectivity index is 2.02. The van der Waals surface area contributed by atoms with Gasteiger partial charge in [-0.15, -0.1) is 0 Å². The summed E-state index contributed by atoms with van der Waals surface area (Å²) in [5.74, 6) is 1.09. The van der Waals surface area contributed by atoms with Gasteiger partial charge in [-0.1, -0.05) is 13.8 Å². The molecule has 1 aromatic heterocycles. The lowest BCUT2D eigenvalue weighted by molar-refractivity contribution is 0.204. The van der Waals surface area contributed by atoms with E-state index in [9.17, 15) is 0 Å². The molecule has 0 spiro atoms. The molecule has 1 saturated carbocycles. The predicted octanol–water partition coefficient (Wildman–Crippen LogP) is 2.19. The van der Waals surface area contributed by atoms with Crippen molar-refractivity contribution in [1.29, 1.82) is 0 Å². The molecule has 0 amide bonds. The van der Waals surface area contributed by atoms with Crippen LogP contribution in [0.4, 0.5) is 5.82 Å². The van der Waals surface area contributed by atoms with Gasteiger partial charge in [0.15, 0.2) is 0 Å². The summed E-state index contributed by atoms with van der Waals surface area (Å²) in [4.78, 5) is 6.90. The van der Waals surface area contributed by atoms with E-state index in [1.54, 1.807) is 7.11 Å². The summed E-state index contributed by atoms with van der Waals surface area (Å²) in [6.07, 6.45) is 4.47. The number of nitrogens with zero attached hydrogens (tertiary/aromatic N) is 2. The standard InChI is InChI=1S/C15H25N3O/c1-12(2)17-11-13-6-7-16-15(10-13)18(8-9-19-3)14-4-5-14/h6-7,10,12,14,17H,4-5,8-9,11H2,1-3H3. The van der Waals surface area contributed by atoms with E-state index in [4.69, 9.17) is 4.74 Å². The third-order valence-corrected chi connectivity index (χ3v) is 3.34. The third-order valence-electron chi connectivity index (χ3n) is 3.34. The fourth-order valence-corrected chi connectivity index (χ4v) is 2.11. The van der Waals surface area contributed by atoms with Crippen LogP contribution in [0.2, 0.25) is 0 Å². The average Bonchev–Trinajstić information content (AvgIpc) is 3.22. The first kappa shape index (κ1) is 14.3. The lowest BCUT2D eigenvalue weighted by Crippen LogP contribution is -2.30. The predicted molar refractivity (Wildman–Crippen MR) is 78.5 cm³/mol. The number of pyridine rings is 1. The zero-order chi connectivity index (χ0) is 13.7. The zero-order valence-electron chi connectivity index (χ0n) is 12.2. The highest BCUT2D eigenvalue weighted by Gasteiger charge is 2.29. The Morgan fingerprint density at radius 2 is 2.26 bits per heavy atom. The molecule has 0 atom stereocenters. The Labute approximate surface area is 116 Å². The molecule has 2 rings (SSSR count). The fourth-order valence-electron chi connectivity index (χ4n) is 2.11. The van der Waals surface area contributed by atoms with E-state index < -0.39 is 0 Å². The fraction of sp³-hybridized carbons (Fsp3) is 0.667. The summed E-state index contributed by atoms with van der Waals surface area (Å²) in [5, 5.41) is 3.44. The second kappa shape index (κ2) is 6.87. The van der Waals surface area contributed by atoms with Crippen LogP contribution in [0.1, 0.15) is 32.3 Å². The van der Waals surface area contributed by atoms with E-state index in [-0.39, 0.29) is 0 Å². The number of ether oxygens (including phenoxy) is 1. The van der Waals surface area contributed by atoms with Gasteiger partial charge in [0.25, 0.3) is 0 Å². The molecule has 0 aliphatic heterocycles. The minimum Gasteiger partial charge on any atom is -0.383 e. The molecule has 0 saturated heterocycles. The smallest absolute Gasteiger partial charge is 0.129 e. The van der Waals surface area contributed by atoms with E-state index in [0.29, 0.717) is 12.1 Å². The van der Waals surface area contributed by atoms with Crippen molar-refractivity contribution in [3.8, 4) is 0 Å². The number of hydrogen-bond donors (Lipinski definition) is 1. The van der Waals surface area contributed by atoms with Gasteiger partial charge in [0.1, 0.15) is 5.82 Å².